The highest BCUT2D eigenvalue weighted by Crippen LogP contribution is 2.19. The molecule has 0 bridgehead atoms. The Morgan fingerprint density at radius 3 is 2.64 bits per heavy atom. The van der Waals surface area contributed by atoms with E-state index >= 15 is 0 Å². The van der Waals surface area contributed by atoms with Crippen LogP contribution in [0.15, 0.2) is 0 Å². The van der Waals surface area contributed by atoms with E-state index in [9.17, 15) is 4.79 Å². The largest absolute Gasteiger partial charge is 0.481 e. The van der Waals surface area contributed by atoms with E-state index in [1.54, 1.807) is 0 Å². The Kier molecular flexibility index (Phi) is 5.30. The highest BCUT2D eigenvalue weighted by atomic mass is 127. The van der Waals surface area contributed by atoms with Gasteiger partial charge < -0.3 is 5.11 Å². The molecule has 0 heterocycles. The number of carbonyl (C=O) groups is 1. The second-order valence-electron chi connectivity index (χ2n) is 2.44. The van der Waals surface area contributed by atoms with Crippen molar-refractivity contribution < 1.29 is 9.90 Å². The summed E-state index contributed by atoms with van der Waals surface area (Å²) in [5.41, 5.74) is 0. The van der Waals surface area contributed by atoms with Crippen molar-refractivity contribution in [2.45, 2.75) is 23.7 Å². The van der Waals surface area contributed by atoms with Gasteiger partial charge in [-0.25, -0.2) is 0 Å². The molecular formula is C8H11IO2. The number of terminal acetylenes is 1. The molecule has 0 aromatic heterocycles. The first-order chi connectivity index (χ1) is 5.07. The van der Waals surface area contributed by atoms with E-state index in [0.29, 0.717) is 10.3 Å². The van der Waals surface area contributed by atoms with Crippen molar-refractivity contribution in [1.82, 2.24) is 0 Å². The predicted octanol–water partition coefficient (Wildman–Crippen LogP) is 1.92. The monoisotopic (exact) mass is 266 g/mol. The van der Waals surface area contributed by atoms with E-state index in [-0.39, 0.29) is 12.3 Å². The molecule has 0 aliphatic heterocycles. The molecule has 0 radical (unpaired) electrons. The molecule has 2 nitrogen and oxygen atoms in total. The molecule has 2 unspecified atom stereocenters. The summed E-state index contributed by atoms with van der Waals surface area (Å²) in [6.45, 7) is 1.98. The van der Waals surface area contributed by atoms with Crippen LogP contribution in [-0.2, 0) is 4.79 Å². The molecule has 0 spiro atoms. The van der Waals surface area contributed by atoms with E-state index in [4.69, 9.17) is 11.5 Å². The van der Waals surface area contributed by atoms with Gasteiger partial charge in [0.25, 0.3) is 0 Å². The van der Waals surface area contributed by atoms with Crippen LogP contribution in [-0.4, -0.2) is 15.0 Å². The molecular weight excluding hydrogens is 255 g/mol. The van der Waals surface area contributed by atoms with Gasteiger partial charge >= 0.3 is 5.97 Å². The van der Waals surface area contributed by atoms with Crippen molar-refractivity contribution in [2.75, 3.05) is 0 Å². The minimum atomic E-state index is -0.770. The zero-order chi connectivity index (χ0) is 8.85. The molecule has 2 atom stereocenters. The molecule has 0 aliphatic carbocycles. The van der Waals surface area contributed by atoms with Crippen LogP contribution >= 0.6 is 22.6 Å². The van der Waals surface area contributed by atoms with E-state index in [2.05, 4.69) is 28.5 Å². The summed E-state index contributed by atoms with van der Waals surface area (Å²) in [6, 6.07) is 0. The zero-order valence-corrected chi connectivity index (χ0v) is 8.54. The molecule has 0 saturated carbocycles. The van der Waals surface area contributed by atoms with Gasteiger partial charge in [-0.15, -0.1) is 12.3 Å². The van der Waals surface area contributed by atoms with Gasteiger partial charge in [-0.2, -0.15) is 0 Å². The summed E-state index contributed by atoms with van der Waals surface area (Å²) in [4.78, 5) is 10.3. The summed E-state index contributed by atoms with van der Waals surface area (Å²) in [6.07, 6.45) is 5.82. The molecule has 62 valence electrons. The first-order valence-electron chi connectivity index (χ1n) is 3.37. The number of carboxylic acid groups (broad SMARTS) is 1. The van der Waals surface area contributed by atoms with Crippen molar-refractivity contribution in [3.8, 4) is 12.3 Å². The molecule has 0 rings (SSSR count). The summed E-state index contributed by atoms with van der Waals surface area (Å²) in [5, 5.41) is 8.49. The predicted molar refractivity (Wildman–Crippen MR) is 52.7 cm³/mol. The minimum absolute atomic E-state index is 0.109. The van der Waals surface area contributed by atoms with Gasteiger partial charge in [-0.3, -0.25) is 4.79 Å². The molecule has 1 N–H and O–H groups in total. The lowest BCUT2D eigenvalue weighted by molar-refractivity contribution is -0.138. The highest BCUT2D eigenvalue weighted by Gasteiger charge is 2.16. The van der Waals surface area contributed by atoms with Crippen LogP contribution in [0.2, 0.25) is 0 Å². The van der Waals surface area contributed by atoms with Crippen molar-refractivity contribution in [1.29, 1.82) is 0 Å². The lowest BCUT2D eigenvalue weighted by Gasteiger charge is -2.13. The molecule has 0 fully saturated rings. The van der Waals surface area contributed by atoms with Crippen LogP contribution in [0.4, 0.5) is 0 Å². The number of hydrogen-bond acceptors (Lipinski definition) is 1. The number of alkyl halides is 1. The Bertz CT molecular complexity index is 169. The third-order valence-electron chi connectivity index (χ3n) is 1.47. The quantitative estimate of drug-likeness (QED) is 0.479. The number of hydrogen-bond donors (Lipinski definition) is 1. The van der Waals surface area contributed by atoms with Gasteiger partial charge in [-0.1, -0.05) is 29.5 Å². The van der Waals surface area contributed by atoms with Gasteiger partial charge in [0.15, 0.2) is 0 Å². The molecule has 3 heteroatoms. The summed E-state index contributed by atoms with van der Waals surface area (Å²) in [7, 11) is 0. The topological polar surface area (TPSA) is 37.3 Å². The van der Waals surface area contributed by atoms with Crippen LogP contribution < -0.4 is 0 Å². The number of halogens is 1. The van der Waals surface area contributed by atoms with Gasteiger partial charge in [0.2, 0.25) is 0 Å². The SMILES string of the molecule is C#CCC(CC(=O)O)C(C)I. The molecule has 0 saturated heterocycles. The maximum atomic E-state index is 10.3. The van der Waals surface area contributed by atoms with E-state index < -0.39 is 5.97 Å². The highest BCUT2D eigenvalue weighted by molar-refractivity contribution is 14.1. The Hall–Kier alpha value is -0.240. The third kappa shape index (κ3) is 5.08. The molecule has 0 amide bonds. The summed E-state index contributed by atoms with van der Waals surface area (Å²) in [5.74, 6) is 1.83. The maximum absolute atomic E-state index is 10.3. The van der Waals surface area contributed by atoms with Gasteiger partial charge in [-0.05, 0) is 5.92 Å². The molecule has 0 aliphatic rings. The lowest BCUT2D eigenvalue weighted by Crippen LogP contribution is -2.14. The average molecular weight is 266 g/mol. The Morgan fingerprint density at radius 1 is 1.82 bits per heavy atom. The standard InChI is InChI=1S/C8H11IO2/c1-3-4-7(6(2)9)5-8(10)11/h1,6-7H,4-5H2,2H3,(H,10,11). The maximum Gasteiger partial charge on any atom is 0.303 e. The molecule has 11 heavy (non-hydrogen) atoms. The van der Waals surface area contributed by atoms with Crippen LogP contribution in [0.3, 0.4) is 0 Å². The number of rotatable bonds is 4. The van der Waals surface area contributed by atoms with Crippen LogP contribution in [0.5, 0.6) is 0 Å². The fourth-order valence-corrected chi connectivity index (χ4v) is 1.28. The van der Waals surface area contributed by atoms with E-state index in [0.717, 1.165) is 0 Å². The molecule has 0 aromatic carbocycles. The van der Waals surface area contributed by atoms with E-state index in [1.807, 2.05) is 6.92 Å². The van der Waals surface area contributed by atoms with Crippen LogP contribution in [0.25, 0.3) is 0 Å². The van der Waals surface area contributed by atoms with Crippen molar-refractivity contribution in [2.24, 2.45) is 5.92 Å². The van der Waals surface area contributed by atoms with Crippen molar-refractivity contribution in [3.63, 3.8) is 0 Å². The van der Waals surface area contributed by atoms with Crippen LogP contribution in [0, 0.1) is 18.3 Å². The van der Waals surface area contributed by atoms with Crippen molar-refractivity contribution >= 4 is 28.6 Å². The van der Waals surface area contributed by atoms with Crippen molar-refractivity contribution in [3.05, 3.63) is 0 Å². The summed E-state index contributed by atoms with van der Waals surface area (Å²) >= 11 is 2.20. The lowest BCUT2D eigenvalue weighted by atomic mass is 9.99. The first kappa shape index (κ1) is 10.8. The molecule has 0 aromatic rings. The third-order valence-corrected chi connectivity index (χ3v) is 2.48. The normalized spacial score (nSPS) is 15.0. The minimum Gasteiger partial charge on any atom is -0.481 e. The second kappa shape index (κ2) is 5.42. The fourth-order valence-electron chi connectivity index (χ4n) is 0.773. The first-order valence-corrected chi connectivity index (χ1v) is 4.61. The van der Waals surface area contributed by atoms with Crippen LogP contribution in [0.1, 0.15) is 19.8 Å². The van der Waals surface area contributed by atoms with Gasteiger partial charge in [0.05, 0.1) is 6.42 Å². The Labute approximate surface area is 80.5 Å². The number of carboxylic acids is 1. The Morgan fingerprint density at radius 2 is 2.36 bits per heavy atom. The Balaban J connectivity index is 3.91. The smallest absolute Gasteiger partial charge is 0.303 e. The van der Waals surface area contributed by atoms with E-state index in [1.165, 1.54) is 0 Å². The fraction of sp³-hybridized carbons (Fsp3) is 0.625. The van der Waals surface area contributed by atoms with Gasteiger partial charge in [0, 0.05) is 10.3 Å². The van der Waals surface area contributed by atoms with Gasteiger partial charge in [0.1, 0.15) is 0 Å². The average Bonchev–Trinajstić information content (AvgIpc) is 1.86. The zero-order valence-electron chi connectivity index (χ0n) is 6.38. The second-order valence-corrected chi connectivity index (χ2v) is 4.41. The summed E-state index contributed by atoms with van der Waals surface area (Å²) < 4.78 is 0.319. The number of aliphatic carboxylic acids is 1.